The van der Waals surface area contributed by atoms with Crippen LogP contribution in [0, 0.1) is 0 Å². The lowest BCUT2D eigenvalue weighted by molar-refractivity contribution is 1.08. The summed E-state index contributed by atoms with van der Waals surface area (Å²) < 4.78 is 9.31. The molecule has 13 aromatic rings. The van der Waals surface area contributed by atoms with Crippen molar-refractivity contribution in [2.75, 3.05) is 0 Å². The van der Waals surface area contributed by atoms with Gasteiger partial charge in [0.15, 0.2) is 17.5 Å². The number of aromatic nitrogens is 6. The quantitative estimate of drug-likeness (QED) is 0.161. The standard InChI is InChI=1S/C56H32N6S/c1-2-12-34(13-3-1)52-46-28-29-49-53(62-63-61-49)51(46)45-27-26-36(32-50(45)57-52)33-22-24-35(25-23-33)54-58-55(47-30-37-14-4-6-16-39(37)41-18-8-10-20-43(41)47)60-56(59-54)48-31-38-15-5-7-17-40(38)42-19-9-11-21-44(42)48/h1-32H. The first-order valence-electron chi connectivity index (χ1n) is 20.9. The van der Waals surface area contributed by atoms with Crippen molar-refractivity contribution in [2.45, 2.75) is 0 Å². The van der Waals surface area contributed by atoms with E-state index in [1.54, 1.807) is 0 Å². The molecular weight excluding hydrogens is 789 g/mol. The summed E-state index contributed by atoms with van der Waals surface area (Å²) >= 11 is 1.24. The highest BCUT2D eigenvalue weighted by Crippen LogP contribution is 2.40. The molecule has 7 heteroatoms. The summed E-state index contributed by atoms with van der Waals surface area (Å²) in [6.07, 6.45) is 0. The van der Waals surface area contributed by atoms with Crippen LogP contribution in [-0.4, -0.2) is 28.7 Å². The number of nitrogens with zero attached hydrogens (tertiary/aromatic N) is 6. The largest absolute Gasteiger partial charge is 0.247 e. The molecule has 3 heterocycles. The summed E-state index contributed by atoms with van der Waals surface area (Å²) in [5.74, 6) is 1.87. The highest BCUT2D eigenvalue weighted by Gasteiger charge is 2.20. The fourth-order valence-electron chi connectivity index (χ4n) is 9.37. The molecule has 0 amide bonds. The number of rotatable bonds is 5. The van der Waals surface area contributed by atoms with Gasteiger partial charge in [0.05, 0.1) is 22.9 Å². The zero-order chi connectivity index (χ0) is 41.4. The van der Waals surface area contributed by atoms with Gasteiger partial charge in [-0.1, -0.05) is 164 Å². The van der Waals surface area contributed by atoms with Crippen LogP contribution >= 0.6 is 11.7 Å². The topological polar surface area (TPSA) is 77.3 Å². The molecule has 6 nitrogen and oxygen atoms in total. The predicted molar refractivity (Wildman–Crippen MR) is 261 cm³/mol. The van der Waals surface area contributed by atoms with Crippen molar-refractivity contribution >= 4 is 87.5 Å². The Morgan fingerprint density at radius 3 is 1.48 bits per heavy atom. The average molecular weight is 821 g/mol. The summed E-state index contributed by atoms with van der Waals surface area (Å²) in [4.78, 5) is 21.2. The maximum Gasteiger partial charge on any atom is 0.164 e. The molecule has 63 heavy (non-hydrogen) atoms. The molecule has 0 aliphatic carbocycles. The van der Waals surface area contributed by atoms with E-state index in [0.717, 1.165) is 104 Å². The van der Waals surface area contributed by atoms with Crippen LogP contribution in [0.2, 0.25) is 0 Å². The number of hydrogen-bond donors (Lipinski definition) is 0. The fourth-order valence-corrected chi connectivity index (χ4v) is 9.91. The molecule has 0 atom stereocenters. The van der Waals surface area contributed by atoms with Crippen LogP contribution in [0.1, 0.15) is 0 Å². The van der Waals surface area contributed by atoms with E-state index in [1.165, 1.54) is 22.5 Å². The van der Waals surface area contributed by atoms with Crippen molar-refractivity contribution in [3.8, 4) is 56.5 Å². The summed E-state index contributed by atoms with van der Waals surface area (Å²) in [5, 5.41) is 12.4. The van der Waals surface area contributed by atoms with Crippen molar-refractivity contribution in [2.24, 2.45) is 0 Å². The minimum atomic E-state index is 0.607. The number of fused-ring (bicyclic) bond motifs is 11. The average Bonchev–Trinajstić information content (AvgIpc) is 3.85. The second-order valence-corrected chi connectivity index (χ2v) is 16.5. The minimum absolute atomic E-state index is 0.607. The van der Waals surface area contributed by atoms with Gasteiger partial charge in [0.25, 0.3) is 0 Å². The smallest absolute Gasteiger partial charge is 0.164 e. The van der Waals surface area contributed by atoms with Gasteiger partial charge in [-0.25, -0.2) is 19.9 Å². The van der Waals surface area contributed by atoms with E-state index in [1.807, 2.05) is 12.1 Å². The lowest BCUT2D eigenvalue weighted by atomic mass is 9.95. The van der Waals surface area contributed by atoms with E-state index < -0.39 is 0 Å². The third kappa shape index (κ3) is 5.78. The van der Waals surface area contributed by atoms with E-state index in [2.05, 4.69) is 186 Å². The summed E-state index contributed by atoms with van der Waals surface area (Å²) in [5.41, 5.74) is 9.65. The summed E-state index contributed by atoms with van der Waals surface area (Å²) in [6, 6.07) is 68.2. The first-order valence-corrected chi connectivity index (χ1v) is 21.7. The number of hydrogen-bond acceptors (Lipinski definition) is 7. The molecule has 0 saturated heterocycles. The van der Waals surface area contributed by atoms with Crippen LogP contribution in [0.15, 0.2) is 194 Å². The van der Waals surface area contributed by atoms with E-state index in [9.17, 15) is 0 Å². The summed E-state index contributed by atoms with van der Waals surface area (Å²) in [6.45, 7) is 0. The molecule has 0 aliphatic rings. The van der Waals surface area contributed by atoms with Gasteiger partial charge in [-0.15, -0.1) is 0 Å². The molecular formula is C56H32N6S. The Kier molecular flexibility index (Phi) is 7.98. The van der Waals surface area contributed by atoms with Gasteiger partial charge in [-0.05, 0) is 84.5 Å². The van der Waals surface area contributed by atoms with Gasteiger partial charge in [-0.2, -0.15) is 8.75 Å². The molecule has 0 bridgehead atoms. The van der Waals surface area contributed by atoms with Gasteiger partial charge in [0.2, 0.25) is 0 Å². The van der Waals surface area contributed by atoms with Gasteiger partial charge in [-0.3, -0.25) is 0 Å². The molecule has 0 spiro atoms. The van der Waals surface area contributed by atoms with Gasteiger partial charge in [0, 0.05) is 38.4 Å². The fraction of sp³-hybridized carbons (Fsp3) is 0. The van der Waals surface area contributed by atoms with E-state index in [0.29, 0.717) is 17.5 Å². The monoisotopic (exact) mass is 820 g/mol. The van der Waals surface area contributed by atoms with Crippen molar-refractivity contribution in [1.82, 2.24) is 28.7 Å². The van der Waals surface area contributed by atoms with Crippen molar-refractivity contribution < 1.29 is 0 Å². The minimum Gasteiger partial charge on any atom is -0.247 e. The first-order chi connectivity index (χ1) is 31.2. The molecule has 0 aliphatic heterocycles. The van der Waals surface area contributed by atoms with Crippen molar-refractivity contribution in [1.29, 1.82) is 0 Å². The molecule has 0 unspecified atom stereocenters. The van der Waals surface area contributed by atoms with Gasteiger partial charge in [0.1, 0.15) is 11.0 Å². The Hall–Kier alpha value is -8.26. The normalized spacial score (nSPS) is 11.8. The molecule has 292 valence electrons. The van der Waals surface area contributed by atoms with Crippen LogP contribution in [0.25, 0.3) is 132 Å². The zero-order valence-electron chi connectivity index (χ0n) is 33.6. The lowest BCUT2D eigenvalue weighted by Gasteiger charge is -2.14. The maximum absolute atomic E-state index is 5.34. The van der Waals surface area contributed by atoms with Crippen LogP contribution in [0.4, 0.5) is 0 Å². The number of pyridine rings is 1. The number of benzene rings is 10. The van der Waals surface area contributed by atoms with E-state index in [-0.39, 0.29) is 0 Å². The van der Waals surface area contributed by atoms with Crippen LogP contribution in [-0.2, 0) is 0 Å². The van der Waals surface area contributed by atoms with Crippen LogP contribution < -0.4 is 0 Å². The second kappa shape index (κ2) is 14.2. The van der Waals surface area contributed by atoms with Gasteiger partial charge < -0.3 is 0 Å². The van der Waals surface area contributed by atoms with Gasteiger partial charge >= 0.3 is 0 Å². The van der Waals surface area contributed by atoms with Crippen molar-refractivity contribution in [3.05, 3.63) is 194 Å². The molecule has 0 saturated carbocycles. The van der Waals surface area contributed by atoms with Crippen LogP contribution in [0.3, 0.4) is 0 Å². The molecule has 0 fully saturated rings. The van der Waals surface area contributed by atoms with Crippen LogP contribution in [0.5, 0.6) is 0 Å². The Bertz CT molecular complexity index is 3840. The Labute approximate surface area is 365 Å². The first kappa shape index (κ1) is 35.5. The lowest BCUT2D eigenvalue weighted by Crippen LogP contribution is -2.01. The predicted octanol–water partition coefficient (Wildman–Crippen LogP) is 14.5. The molecule has 0 radical (unpaired) electrons. The molecule has 10 aromatic carbocycles. The Morgan fingerprint density at radius 2 is 0.825 bits per heavy atom. The highest BCUT2D eigenvalue weighted by atomic mass is 32.1. The Balaban J connectivity index is 0.988. The van der Waals surface area contributed by atoms with E-state index >= 15 is 0 Å². The van der Waals surface area contributed by atoms with Crippen molar-refractivity contribution in [3.63, 3.8) is 0 Å². The van der Waals surface area contributed by atoms with E-state index in [4.69, 9.17) is 24.3 Å². The molecule has 13 rings (SSSR count). The summed E-state index contributed by atoms with van der Waals surface area (Å²) in [7, 11) is 0. The zero-order valence-corrected chi connectivity index (χ0v) is 34.4. The maximum atomic E-state index is 5.34. The molecule has 0 N–H and O–H groups in total. The highest BCUT2D eigenvalue weighted by molar-refractivity contribution is 7.00. The molecule has 3 aromatic heterocycles. The Morgan fingerprint density at radius 1 is 0.302 bits per heavy atom. The second-order valence-electron chi connectivity index (χ2n) is 15.9. The third-order valence-electron chi connectivity index (χ3n) is 12.4. The third-order valence-corrected chi connectivity index (χ3v) is 12.9. The SMILES string of the molecule is c1ccc(-c2nc3cc(-c4ccc(-c5nc(-c6cc7ccccc7c7ccccc67)nc(-c6cc7ccccc7c7ccccc67)n5)cc4)ccc3c3c2ccc2nsnc23)cc1.